The van der Waals surface area contributed by atoms with Crippen molar-refractivity contribution in [2.45, 2.75) is 25.8 Å². The number of hydrogen-bond acceptors (Lipinski definition) is 4. The fourth-order valence-electron chi connectivity index (χ4n) is 2.25. The first-order valence-electron chi connectivity index (χ1n) is 6.43. The summed E-state index contributed by atoms with van der Waals surface area (Å²) >= 11 is 0. The van der Waals surface area contributed by atoms with Crippen molar-refractivity contribution in [3.8, 4) is 0 Å². The highest BCUT2D eigenvalue weighted by Crippen LogP contribution is 2.16. The molecular formula is C14H15N3O4. The molecule has 0 radical (unpaired) electrons. The number of amides is 2. The van der Waals surface area contributed by atoms with Crippen LogP contribution >= 0.6 is 0 Å². The molecule has 2 N–H and O–H groups in total. The van der Waals surface area contributed by atoms with Gasteiger partial charge in [0.2, 0.25) is 11.8 Å². The van der Waals surface area contributed by atoms with E-state index in [1.54, 1.807) is 13.0 Å². The van der Waals surface area contributed by atoms with Gasteiger partial charge in [0.25, 0.3) is 5.56 Å². The van der Waals surface area contributed by atoms with Gasteiger partial charge >= 0.3 is 5.69 Å². The number of nitrogens with zero attached hydrogens (tertiary/aromatic N) is 1. The molecule has 1 aliphatic rings. The summed E-state index contributed by atoms with van der Waals surface area (Å²) in [5.74, 6) is -1.04. The summed E-state index contributed by atoms with van der Waals surface area (Å²) in [7, 11) is 0. The molecule has 0 aromatic carbocycles. The van der Waals surface area contributed by atoms with Crippen LogP contribution < -0.4 is 16.6 Å². The Balaban J connectivity index is 2.57. The molecule has 1 saturated heterocycles. The Morgan fingerprint density at radius 1 is 1.38 bits per heavy atom. The number of imide groups is 1. The fraction of sp³-hybridized carbons (Fsp3) is 0.286. The van der Waals surface area contributed by atoms with Gasteiger partial charge in [-0.25, -0.2) is 9.36 Å². The van der Waals surface area contributed by atoms with Crippen LogP contribution in [-0.4, -0.2) is 21.4 Å². The number of hydrogen-bond donors (Lipinski definition) is 2. The van der Waals surface area contributed by atoms with Gasteiger partial charge in [-0.3, -0.25) is 19.7 Å². The van der Waals surface area contributed by atoms with E-state index in [9.17, 15) is 19.2 Å². The highest BCUT2D eigenvalue weighted by molar-refractivity contribution is 5.99. The van der Waals surface area contributed by atoms with Crippen LogP contribution in [0, 0.1) is 0 Å². The van der Waals surface area contributed by atoms with E-state index in [0.717, 1.165) is 4.57 Å². The van der Waals surface area contributed by atoms with Crippen molar-refractivity contribution in [1.29, 1.82) is 0 Å². The Morgan fingerprint density at radius 2 is 2.10 bits per heavy atom. The molecule has 1 unspecified atom stereocenters. The topological polar surface area (TPSA) is 101 Å². The average Bonchev–Trinajstić information content (AvgIpc) is 2.41. The molecule has 1 atom stereocenters. The number of piperidine rings is 1. The predicted molar refractivity (Wildman–Crippen MR) is 76.6 cm³/mol. The zero-order chi connectivity index (χ0) is 15.6. The van der Waals surface area contributed by atoms with Crippen molar-refractivity contribution in [2.75, 3.05) is 0 Å². The van der Waals surface area contributed by atoms with Crippen molar-refractivity contribution < 1.29 is 9.59 Å². The van der Waals surface area contributed by atoms with Gasteiger partial charge in [-0.1, -0.05) is 18.7 Å². The van der Waals surface area contributed by atoms with Crippen molar-refractivity contribution >= 4 is 17.4 Å². The second-order valence-corrected chi connectivity index (χ2v) is 4.73. The summed E-state index contributed by atoms with van der Waals surface area (Å²) in [6.45, 7) is 5.25. The normalized spacial score (nSPS) is 19.3. The molecule has 0 spiro atoms. The van der Waals surface area contributed by atoms with Crippen LogP contribution in [0.3, 0.4) is 0 Å². The molecule has 21 heavy (non-hydrogen) atoms. The second-order valence-electron chi connectivity index (χ2n) is 4.73. The number of nitrogens with one attached hydrogen (secondary N) is 2. The molecule has 110 valence electrons. The molecular weight excluding hydrogens is 274 g/mol. The van der Waals surface area contributed by atoms with Crippen molar-refractivity contribution in [2.24, 2.45) is 0 Å². The first-order chi connectivity index (χ1) is 9.95. The summed E-state index contributed by atoms with van der Waals surface area (Å²) in [6, 6.07) is -0.976. The van der Waals surface area contributed by atoms with E-state index in [1.807, 2.05) is 0 Å². The molecule has 0 aliphatic carbocycles. The van der Waals surface area contributed by atoms with E-state index in [0.29, 0.717) is 5.57 Å². The summed E-state index contributed by atoms with van der Waals surface area (Å²) in [5, 5.41) is 2.13. The smallest absolute Gasteiger partial charge is 0.313 e. The number of carbonyl (C=O) groups is 2. The van der Waals surface area contributed by atoms with E-state index in [4.69, 9.17) is 0 Å². The standard InChI is InChI=1S/C14H15N3O4/c1-3-4-8(2)9-7-15-14(21)17(13(9)20)10-5-6-11(18)16-12(10)19/h3-4,7,10H,1,5-6H2,2H3,(H,15,21)(H,16,18,19). The van der Waals surface area contributed by atoms with Gasteiger partial charge < -0.3 is 4.98 Å². The maximum Gasteiger partial charge on any atom is 0.329 e. The van der Waals surface area contributed by atoms with Gasteiger partial charge in [-0.2, -0.15) is 0 Å². The van der Waals surface area contributed by atoms with Gasteiger partial charge in [0.15, 0.2) is 0 Å². The largest absolute Gasteiger partial charge is 0.329 e. The summed E-state index contributed by atoms with van der Waals surface area (Å²) in [5.41, 5.74) is -0.347. The molecule has 1 aliphatic heterocycles. The minimum absolute atomic E-state index is 0.0913. The summed E-state index contributed by atoms with van der Waals surface area (Å²) in [4.78, 5) is 49.8. The van der Waals surface area contributed by atoms with Crippen LogP contribution in [0.15, 0.2) is 34.5 Å². The van der Waals surface area contributed by atoms with Crippen LogP contribution in [0.5, 0.6) is 0 Å². The Morgan fingerprint density at radius 3 is 2.71 bits per heavy atom. The number of aromatic amines is 1. The monoisotopic (exact) mass is 289 g/mol. The van der Waals surface area contributed by atoms with Crippen LogP contribution in [0.1, 0.15) is 31.4 Å². The van der Waals surface area contributed by atoms with E-state index >= 15 is 0 Å². The van der Waals surface area contributed by atoms with Crippen LogP contribution in [0.25, 0.3) is 5.57 Å². The zero-order valence-corrected chi connectivity index (χ0v) is 11.5. The molecule has 2 rings (SSSR count). The van der Waals surface area contributed by atoms with Gasteiger partial charge in [0.1, 0.15) is 6.04 Å². The number of allylic oxidation sites excluding steroid dienone is 3. The number of carbonyl (C=O) groups excluding carboxylic acids is 2. The second kappa shape index (κ2) is 5.74. The van der Waals surface area contributed by atoms with Crippen molar-refractivity contribution in [1.82, 2.24) is 14.9 Å². The van der Waals surface area contributed by atoms with Gasteiger partial charge in [-0.15, -0.1) is 0 Å². The summed E-state index contributed by atoms with van der Waals surface area (Å²) in [6.07, 6.45) is 4.68. The Bertz CT molecular complexity index is 754. The highest BCUT2D eigenvalue weighted by atomic mass is 16.2. The average molecular weight is 289 g/mol. The SMILES string of the molecule is C=CC=C(C)c1c[nH]c(=O)n(C2CCC(=O)NC2=O)c1=O. The number of H-pyrrole nitrogens is 1. The Hall–Kier alpha value is -2.70. The molecule has 7 nitrogen and oxygen atoms in total. The lowest BCUT2D eigenvalue weighted by Gasteiger charge is -2.22. The molecule has 1 aromatic heterocycles. The Kier molecular flexibility index (Phi) is 4.02. The third-order valence-corrected chi connectivity index (χ3v) is 3.32. The zero-order valence-electron chi connectivity index (χ0n) is 11.5. The number of rotatable bonds is 3. The van der Waals surface area contributed by atoms with Crippen molar-refractivity contribution in [3.05, 3.63) is 51.3 Å². The highest BCUT2D eigenvalue weighted by Gasteiger charge is 2.30. The maximum atomic E-state index is 12.4. The maximum absolute atomic E-state index is 12.4. The summed E-state index contributed by atoms with van der Waals surface area (Å²) < 4.78 is 0.859. The van der Waals surface area contributed by atoms with E-state index in [1.165, 1.54) is 12.3 Å². The minimum Gasteiger partial charge on any atom is -0.313 e. The van der Waals surface area contributed by atoms with Gasteiger partial charge in [-0.05, 0) is 18.9 Å². The van der Waals surface area contributed by atoms with Gasteiger partial charge in [0.05, 0.1) is 5.56 Å². The first kappa shape index (κ1) is 14.7. The lowest BCUT2D eigenvalue weighted by Crippen LogP contribution is -2.49. The third-order valence-electron chi connectivity index (χ3n) is 3.32. The van der Waals surface area contributed by atoms with E-state index in [2.05, 4.69) is 16.9 Å². The third kappa shape index (κ3) is 2.76. The molecule has 0 saturated carbocycles. The first-order valence-corrected chi connectivity index (χ1v) is 6.43. The lowest BCUT2D eigenvalue weighted by atomic mass is 10.1. The number of aromatic nitrogens is 2. The van der Waals surface area contributed by atoms with Crippen LogP contribution in [0.2, 0.25) is 0 Å². The quantitative estimate of drug-likeness (QED) is 0.609. The van der Waals surface area contributed by atoms with Crippen LogP contribution in [-0.2, 0) is 9.59 Å². The van der Waals surface area contributed by atoms with Gasteiger partial charge in [0, 0.05) is 12.6 Å². The lowest BCUT2D eigenvalue weighted by molar-refractivity contribution is -0.135. The Labute approximate surface area is 120 Å². The molecule has 2 heterocycles. The molecule has 2 amide bonds. The van der Waals surface area contributed by atoms with E-state index in [-0.39, 0.29) is 18.4 Å². The van der Waals surface area contributed by atoms with Crippen molar-refractivity contribution in [3.63, 3.8) is 0 Å². The molecule has 1 aromatic rings. The fourth-order valence-corrected chi connectivity index (χ4v) is 2.25. The van der Waals surface area contributed by atoms with Crippen LogP contribution in [0.4, 0.5) is 0 Å². The molecule has 0 bridgehead atoms. The van der Waals surface area contributed by atoms with E-state index < -0.39 is 29.1 Å². The molecule has 1 fully saturated rings. The molecule has 7 heteroatoms. The minimum atomic E-state index is -0.976. The predicted octanol–water partition coefficient (Wildman–Crippen LogP) is 0.104.